The normalized spacial score (nSPS) is 25.8. The SMILES string of the molecule is Cc1cc(OC(F)(F)F)ccc1[C@H](C)Nc1nc(C)c(-c2nc3c(C)nccc3s2)c(N[C@@H]2C[C@@H]3C(O)[C@]3(O)[C@H]2O)n1. The van der Waals surface area contributed by atoms with Crippen LogP contribution in [-0.2, 0) is 0 Å². The number of anilines is 2. The molecule has 2 aliphatic rings. The largest absolute Gasteiger partial charge is 0.573 e. The summed E-state index contributed by atoms with van der Waals surface area (Å²) >= 11 is 1.45. The van der Waals surface area contributed by atoms with Crippen LogP contribution in [0.25, 0.3) is 20.8 Å². The zero-order valence-electron chi connectivity index (χ0n) is 23.1. The van der Waals surface area contributed by atoms with Gasteiger partial charge in [-0.3, -0.25) is 4.98 Å². The maximum absolute atomic E-state index is 12.7. The number of halogens is 3. The number of nitrogens with one attached hydrogen (secondary N) is 2. The van der Waals surface area contributed by atoms with Gasteiger partial charge in [0.2, 0.25) is 5.95 Å². The van der Waals surface area contributed by atoms with Crippen molar-refractivity contribution < 1.29 is 33.2 Å². The molecule has 0 radical (unpaired) electrons. The second-order valence-electron chi connectivity index (χ2n) is 10.9. The molecule has 0 saturated heterocycles. The molecule has 0 amide bonds. The average molecular weight is 603 g/mol. The van der Waals surface area contributed by atoms with Crippen molar-refractivity contribution in [3.63, 3.8) is 0 Å². The zero-order chi connectivity index (χ0) is 30.1. The molecule has 0 spiro atoms. The van der Waals surface area contributed by atoms with Crippen molar-refractivity contribution >= 4 is 33.3 Å². The minimum Gasteiger partial charge on any atom is -0.406 e. The van der Waals surface area contributed by atoms with Crippen molar-refractivity contribution in [2.75, 3.05) is 10.6 Å². The minimum atomic E-state index is -4.78. The molecule has 42 heavy (non-hydrogen) atoms. The van der Waals surface area contributed by atoms with Gasteiger partial charge in [-0.15, -0.1) is 24.5 Å². The van der Waals surface area contributed by atoms with Crippen LogP contribution in [0, 0.1) is 26.7 Å². The molecular weight excluding hydrogens is 573 g/mol. The van der Waals surface area contributed by atoms with Crippen LogP contribution in [0.5, 0.6) is 5.75 Å². The molecule has 2 saturated carbocycles. The van der Waals surface area contributed by atoms with Crippen molar-refractivity contribution in [3.8, 4) is 16.3 Å². The Morgan fingerprint density at radius 1 is 1.07 bits per heavy atom. The van der Waals surface area contributed by atoms with Crippen LogP contribution in [0.1, 0.15) is 41.9 Å². The van der Waals surface area contributed by atoms with Gasteiger partial charge in [0, 0.05) is 12.1 Å². The topological polar surface area (TPSA) is 146 Å². The Morgan fingerprint density at radius 2 is 1.83 bits per heavy atom. The van der Waals surface area contributed by atoms with Crippen molar-refractivity contribution in [2.24, 2.45) is 5.92 Å². The van der Waals surface area contributed by atoms with Gasteiger partial charge >= 0.3 is 6.36 Å². The van der Waals surface area contributed by atoms with Crippen LogP contribution in [-0.4, -0.2) is 65.5 Å². The third-order valence-corrected chi connectivity index (χ3v) is 9.14. The molecule has 10 nitrogen and oxygen atoms in total. The highest BCUT2D eigenvalue weighted by Gasteiger charge is 2.74. The summed E-state index contributed by atoms with van der Waals surface area (Å²) in [5, 5.41) is 38.7. The van der Waals surface area contributed by atoms with Crippen molar-refractivity contribution in [1.29, 1.82) is 0 Å². The number of aromatic nitrogens is 4. The van der Waals surface area contributed by atoms with Gasteiger partial charge in [0.1, 0.15) is 33.8 Å². The molecule has 2 fully saturated rings. The molecule has 0 bridgehead atoms. The molecule has 2 aliphatic carbocycles. The summed E-state index contributed by atoms with van der Waals surface area (Å²) in [4.78, 5) is 18.5. The first kappa shape index (κ1) is 28.5. The number of thiazole rings is 1. The van der Waals surface area contributed by atoms with E-state index in [4.69, 9.17) is 9.97 Å². The number of alkyl halides is 3. The van der Waals surface area contributed by atoms with Crippen LogP contribution in [0.2, 0.25) is 0 Å². The number of benzene rings is 1. The number of pyridine rings is 1. The highest BCUT2D eigenvalue weighted by Crippen LogP contribution is 2.56. The summed E-state index contributed by atoms with van der Waals surface area (Å²) in [6, 6.07) is 5.04. The summed E-state index contributed by atoms with van der Waals surface area (Å²) in [7, 11) is 0. The first-order valence-electron chi connectivity index (χ1n) is 13.3. The van der Waals surface area contributed by atoms with Gasteiger partial charge in [-0.1, -0.05) is 6.07 Å². The van der Waals surface area contributed by atoms with E-state index in [9.17, 15) is 28.5 Å². The smallest absolute Gasteiger partial charge is 0.406 e. The maximum atomic E-state index is 12.7. The van der Waals surface area contributed by atoms with E-state index in [2.05, 4.69) is 25.3 Å². The number of hydrogen-bond acceptors (Lipinski definition) is 11. The van der Waals surface area contributed by atoms with Gasteiger partial charge < -0.3 is 30.7 Å². The van der Waals surface area contributed by atoms with E-state index in [0.717, 1.165) is 21.5 Å². The molecule has 6 rings (SSSR count). The van der Waals surface area contributed by atoms with Gasteiger partial charge in [0.15, 0.2) is 0 Å². The van der Waals surface area contributed by atoms with Crippen molar-refractivity contribution in [3.05, 3.63) is 53.0 Å². The first-order valence-corrected chi connectivity index (χ1v) is 14.2. The fraction of sp³-hybridized carbons (Fsp3) is 0.429. The van der Waals surface area contributed by atoms with E-state index in [0.29, 0.717) is 34.1 Å². The zero-order valence-corrected chi connectivity index (χ0v) is 23.9. The molecular formula is C28H29F3N6O4S. The molecule has 1 unspecified atom stereocenters. The second-order valence-corrected chi connectivity index (χ2v) is 12.0. The second kappa shape index (κ2) is 10.0. The number of aliphatic hydroxyl groups excluding tert-OH is 2. The first-order chi connectivity index (χ1) is 19.8. The summed E-state index contributed by atoms with van der Waals surface area (Å²) in [5.41, 5.74) is 2.51. The lowest BCUT2D eigenvalue weighted by atomic mass is 10.0. The van der Waals surface area contributed by atoms with Crippen LogP contribution >= 0.6 is 11.3 Å². The van der Waals surface area contributed by atoms with Gasteiger partial charge in [-0.05, 0) is 63.4 Å². The Morgan fingerprint density at radius 3 is 2.48 bits per heavy atom. The molecule has 3 aromatic heterocycles. The van der Waals surface area contributed by atoms with E-state index in [1.165, 1.54) is 23.5 Å². The molecule has 222 valence electrons. The van der Waals surface area contributed by atoms with Crippen LogP contribution in [0.3, 0.4) is 0 Å². The Kier molecular flexibility index (Phi) is 6.79. The van der Waals surface area contributed by atoms with E-state index in [-0.39, 0.29) is 17.7 Å². The number of aryl methyl sites for hydroxylation is 3. The van der Waals surface area contributed by atoms with E-state index >= 15 is 0 Å². The predicted octanol–water partition coefficient (Wildman–Crippen LogP) is 4.41. The third-order valence-electron chi connectivity index (χ3n) is 8.11. The standard InChI is InChI=1S/C28H29F3N6O4S/c1-11-9-15(41-28(29,30)31)5-6-16(11)12(2)33-26-34-13(3)20(25-36-21-14(4)32-8-7-19(21)42-25)24(37-26)35-18-10-17-22(38)27(17,40)23(18)39/h5-9,12,17-18,22-23,38-40H,10H2,1-4H3,(H2,33,34,35,37)/t12-,17+,18+,22?,23-,27-/m0/s1. The number of hydrogen-bond donors (Lipinski definition) is 5. The third kappa shape index (κ3) is 4.91. The lowest BCUT2D eigenvalue weighted by Gasteiger charge is -2.25. The van der Waals surface area contributed by atoms with E-state index in [1.54, 1.807) is 19.2 Å². The van der Waals surface area contributed by atoms with Gasteiger partial charge in [-0.2, -0.15) is 4.98 Å². The predicted molar refractivity (Wildman–Crippen MR) is 150 cm³/mol. The quantitative estimate of drug-likeness (QED) is 0.206. The lowest BCUT2D eigenvalue weighted by Crippen LogP contribution is -2.42. The molecule has 4 aromatic rings. The van der Waals surface area contributed by atoms with Gasteiger partial charge in [0.25, 0.3) is 0 Å². The fourth-order valence-corrected chi connectivity index (χ4v) is 7.00. The van der Waals surface area contributed by atoms with Crippen molar-refractivity contribution in [2.45, 2.75) is 70.4 Å². The van der Waals surface area contributed by atoms with Crippen molar-refractivity contribution in [1.82, 2.24) is 19.9 Å². The maximum Gasteiger partial charge on any atom is 0.573 e. The molecule has 5 N–H and O–H groups in total. The monoisotopic (exact) mass is 602 g/mol. The molecule has 1 aromatic carbocycles. The summed E-state index contributed by atoms with van der Waals surface area (Å²) in [6.45, 7) is 7.21. The number of ether oxygens (including phenoxy) is 1. The lowest BCUT2D eigenvalue weighted by molar-refractivity contribution is -0.274. The summed E-state index contributed by atoms with van der Waals surface area (Å²) in [5.74, 6) is -0.106. The summed E-state index contributed by atoms with van der Waals surface area (Å²) in [6.07, 6.45) is -4.90. The molecule has 6 atom stereocenters. The highest BCUT2D eigenvalue weighted by atomic mass is 32.1. The van der Waals surface area contributed by atoms with Crippen LogP contribution in [0.4, 0.5) is 24.9 Å². The number of rotatable bonds is 7. The molecule has 3 heterocycles. The Balaban J connectivity index is 1.34. The Labute approximate surface area is 242 Å². The molecule has 14 heteroatoms. The molecule has 0 aliphatic heterocycles. The van der Waals surface area contributed by atoms with Crippen LogP contribution < -0.4 is 15.4 Å². The fourth-order valence-electron chi connectivity index (χ4n) is 5.89. The van der Waals surface area contributed by atoms with E-state index in [1.807, 2.05) is 26.8 Å². The number of fused-ring (bicyclic) bond motifs is 2. The van der Waals surface area contributed by atoms with Crippen LogP contribution in [0.15, 0.2) is 30.5 Å². The van der Waals surface area contributed by atoms with Gasteiger partial charge in [0.05, 0.1) is 39.8 Å². The van der Waals surface area contributed by atoms with E-state index < -0.39 is 36.1 Å². The highest BCUT2D eigenvalue weighted by molar-refractivity contribution is 7.21. The Bertz CT molecular complexity index is 1680. The number of nitrogens with zero attached hydrogens (tertiary/aromatic N) is 4. The minimum absolute atomic E-state index is 0.247. The number of aliphatic hydroxyl groups is 3. The van der Waals surface area contributed by atoms with Gasteiger partial charge in [-0.25, -0.2) is 9.97 Å². The Hall–Kier alpha value is -3.59. The average Bonchev–Trinajstić information content (AvgIpc) is 3.17. The summed E-state index contributed by atoms with van der Waals surface area (Å²) < 4.78 is 42.9.